The Hall–Kier alpha value is -4.18. The van der Waals surface area contributed by atoms with Crippen LogP contribution in [0.25, 0.3) is 16.9 Å². The van der Waals surface area contributed by atoms with Crippen LogP contribution < -0.4 is 11.2 Å². The van der Waals surface area contributed by atoms with Crippen molar-refractivity contribution in [3.05, 3.63) is 105 Å². The maximum atomic E-state index is 13.1. The summed E-state index contributed by atoms with van der Waals surface area (Å²) < 4.78 is 4.47. The highest BCUT2D eigenvalue weighted by atomic mass is 16.2. The lowest BCUT2D eigenvalue weighted by Gasteiger charge is -2.11. The first-order valence-electron chi connectivity index (χ1n) is 10.1. The van der Waals surface area contributed by atoms with Gasteiger partial charge in [0.15, 0.2) is 0 Å². The summed E-state index contributed by atoms with van der Waals surface area (Å²) in [4.78, 5) is 26.1. The summed E-state index contributed by atoms with van der Waals surface area (Å²) in [6.45, 7) is 0.571. The molecule has 0 fully saturated rings. The van der Waals surface area contributed by atoms with E-state index in [4.69, 9.17) is 5.10 Å². The molecule has 3 heterocycles. The molecule has 0 radical (unpaired) electrons. The van der Waals surface area contributed by atoms with Crippen LogP contribution in [0.2, 0.25) is 0 Å². The standard InChI is InChI=1S/C24H19N5O2/c25-14-20-21-12-7-13-27(21)24(31)28(23(20)30)15-18-16-29(19-10-5-2-6-11-19)26-22(18)17-8-3-1-4-9-17/h1-6,8-11,16H,7,12-13,15H2. The average Bonchev–Trinajstić information content (AvgIpc) is 3.46. The van der Waals surface area contributed by atoms with E-state index in [0.717, 1.165) is 27.8 Å². The summed E-state index contributed by atoms with van der Waals surface area (Å²) in [5.41, 5.74) is 2.90. The smallest absolute Gasteiger partial charge is 0.296 e. The van der Waals surface area contributed by atoms with Crippen molar-refractivity contribution in [3.8, 4) is 23.0 Å². The zero-order chi connectivity index (χ0) is 21.4. The van der Waals surface area contributed by atoms with Gasteiger partial charge in [0.05, 0.1) is 17.9 Å². The third-order valence-corrected chi connectivity index (χ3v) is 5.63. The average molecular weight is 409 g/mol. The quantitative estimate of drug-likeness (QED) is 0.519. The van der Waals surface area contributed by atoms with Crippen molar-refractivity contribution < 1.29 is 0 Å². The van der Waals surface area contributed by atoms with Crippen molar-refractivity contribution >= 4 is 0 Å². The lowest BCUT2D eigenvalue weighted by atomic mass is 10.1. The monoisotopic (exact) mass is 409 g/mol. The van der Waals surface area contributed by atoms with E-state index in [1.807, 2.05) is 72.9 Å². The second-order valence-electron chi connectivity index (χ2n) is 7.51. The topological polar surface area (TPSA) is 85.6 Å². The third kappa shape index (κ3) is 3.19. The lowest BCUT2D eigenvalue weighted by molar-refractivity contribution is 0.602. The molecule has 0 bridgehead atoms. The normalized spacial score (nSPS) is 12.5. The molecule has 152 valence electrons. The van der Waals surface area contributed by atoms with Crippen molar-refractivity contribution in [2.75, 3.05) is 0 Å². The number of benzene rings is 2. The molecule has 0 N–H and O–H groups in total. The zero-order valence-electron chi connectivity index (χ0n) is 16.7. The second kappa shape index (κ2) is 7.58. The number of hydrogen-bond acceptors (Lipinski definition) is 4. The van der Waals surface area contributed by atoms with Crippen LogP contribution in [0.5, 0.6) is 0 Å². The highest BCUT2D eigenvalue weighted by molar-refractivity contribution is 5.63. The minimum atomic E-state index is -0.535. The van der Waals surface area contributed by atoms with Crippen LogP contribution in [0.4, 0.5) is 0 Å². The molecule has 2 aromatic carbocycles. The molecule has 2 aromatic heterocycles. The Kier molecular flexibility index (Phi) is 4.60. The third-order valence-electron chi connectivity index (χ3n) is 5.63. The van der Waals surface area contributed by atoms with Crippen LogP contribution in [-0.4, -0.2) is 18.9 Å². The molecule has 1 aliphatic heterocycles. The summed E-state index contributed by atoms with van der Waals surface area (Å²) >= 11 is 0. The van der Waals surface area contributed by atoms with E-state index < -0.39 is 5.56 Å². The van der Waals surface area contributed by atoms with Gasteiger partial charge in [0.2, 0.25) is 0 Å². The first-order valence-corrected chi connectivity index (χ1v) is 10.1. The molecule has 0 saturated heterocycles. The summed E-state index contributed by atoms with van der Waals surface area (Å²) in [6, 6.07) is 21.3. The van der Waals surface area contributed by atoms with Gasteiger partial charge in [0.1, 0.15) is 11.6 Å². The van der Waals surface area contributed by atoms with Crippen molar-refractivity contribution in [2.45, 2.75) is 25.9 Å². The molecule has 0 unspecified atom stereocenters. The molecule has 7 nitrogen and oxygen atoms in total. The van der Waals surface area contributed by atoms with E-state index in [9.17, 15) is 14.9 Å². The van der Waals surface area contributed by atoms with Crippen molar-refractivity contribution in [1.29, 1.82) is 5.26 Å². The Bertz CT molecular complexity index is 1420. The van der Waals surface area contributed by atoms with E-state index in [0.29, 0.717) is 24.4 Å². The van der Waals surface area contributed by atoms with Crippen LogP contribution in [0.15, 0.2) is 76.4 Å². The summed E-state index contributed by atoms with van der Waals surface area (Å²) in [5.74, 6) is 0. The lowest BCUT2D eigenvalue weighted by Crippen LogP contribution is -2.42. The molecule has 31 heavy (non-hydrogen) atoms. The van der Waals surface area contributed by atoms with Crippen molar-refractivity contribution in [1.82, 2.24) is 18.9 Å². The summed E-state index contributed by atoms with van der Waals surface area (Å²) in [5, 5.41) is 14.3. The zero-order valence-corrected chi connectivity index (χ0v) is 16.7. The minimum Gasteiger partial charge on any atom is -0.296 e. The molecule has 1 aliphatic rings. The van der Waals surface area contributed by atoms with Gasteiger partial charge in [-0.3, -0.25) is 13.9 Å². The first kappa shape index (κ1) is 18.8. The first-order chi connectivity index (χ1) is 15.2. The van der Waals surface area contributed by atoms with Crippen LogP contribution in [0, 0.1) is 11.3 Å². The molecular formula is C24H19N5O2. The molecular weight excluding hydrogens is 390 g/mol. The van der Waals surface area contributed by atoms with Crippen LogP contribution in [0.3, 0.4) is 0 Å². The maximum absolute atomic E-state index is 13.1. The van der Waals surface area contributed by atoms with Crippen LogP contribution in [-0.2, 0) is 19.5 Å². The van der Waals surface area contributed by atoms with Gasteiger partial charge in [-0.05, 0) is 25.0 Å². The molecule has 0 amide bonds. The van der Waals surface area contributed by atoms with Crippen LogP contribution >= 0.6 is 0 Å². The van der Waals surface area contributed by atoms with E-state index in [-0.39, 0.29) is 17.8 Å². The van der Waals surface area contributed by atoms with Gasteiger partial charge >= 0.3 is 5.69 Å². The van der Waals surface area contributed by atoms with Crippen LogP contribution in [0.1, 0.15) is 23.2 Å². The molecule has 4 aromatic rings. The molecule has 5 rings (SSSR count). The molecule has 0 atom stereocenters. The minimum absolute atomic E-state index is 0.0453. The van der Waals surface area contributed by atoms with Gasteiger partial charge in [0.25, 0.3) is 5.56 Å². The molecule has 7 heteroatoms. The highest BCUT2D eigenvalue weighted by Crippen LogP contribution is 2.24. The van der Waals surface area contributed by atoms with E-state index in [1.165, 1.54) is 0 Å². The SMILES string of the molecule is N#Cc1c2n(c(=O)n(Cc3cn(-c4ccccc4)nc3-c3ccccc3)c1=O)CCC2. The second-order valence-corrected chi connectivity index (χ2v) is 7.51. The Balaban J connectivity index is 1.69. The summed E-state index contributed by atoms with van der Waals surface area (Å²) in [6.07, 6.45) is 3.18. The number of para-hydroxylation sites is 1. The highest BCUT2D eigenvalue weighted by Gasteiger charge is 2.24. The van der Waals surface area contributed by atoms with Gasteiger partial charge in [-0.2, -0.15) is 10.4 Å². The van der Waals surface area contributed by atoms with Gasteiger partial charge in [-0.1, -0.05) is 48.5 Å². The Morgan fingerprint density at radius 3 is 2.42 bits per heavy atom. The van der Waals surface area contributed by atoms with Gasteiger partial charge in [-0.25, -0.2) is 9.48 Å². The molecule has 0 spiro atoms. The van der Waals surface area contributed by atoms with E-state index >= 15 is 0 Å². The Morgan fingerprint density at radius 1 is 1.00 bits per heavy atom. The number of hydrogen-bond donors (Lipinski definition) is 0. The molecule has 0 saturated carbocycles. The Labute approximate surface area is 178 Å². The fourth-order valence-electron chi connectivity index (χ4n) is 4.14. The fraction of sp³-hybridized carbons (Fsp3) is 0.167. The van der Waals surface area contributed by atoms with E-state index in [1.54, 1.807) is 9.25 Å². The summed E-state index contributed by atoms with van der Waals surface area (Å²) in [7, 11) is 0. The number of aromatic nitrogens is 4. The number of fused-ring (bicyclic) bond motifs is 1. The van der Waals surface area contributed by atoms with Gasteiger partial charge in [0, 0.05) is 29.6 Å². The Morgan fingerprint density at radius 2 is 1.71 bits per heavy atom. The number of rotatable bonds is 4. The fourth-order valence-corrected chi connectivity index (χ4v) is 4.14. The van der Waals surface area contributed by atoms with Gasteiger partial charge < -0.3 is 0 Å². The van der Waals surface area contributed by atoms with Crippen molar-refractivity contribution in [3.63, 3.8) is 0 Å². The number of nitrogens with zero attached hydrogens (tertiary/aromatic N) is 5. The van der Waals surface area contributed by atoms with Gasteiger partial charge in [-0.15, -0.1) is 0 Å². The predicted molar refractivity (Wildman–Crippen MR) is 116 cm³/mol. The maximum Gasteiger partial charge on any atom is 0.331 e. The predicted octanol–water partition coefficient (Wildman–Crippen LogP) is 2.73. The van der Waals surface area contributed by atoms with E-state index in [2.05, 4.69) is 0 Å². The number of nitriles is 1. The van der Waals surface area contributed by atoms with Crippen molar-refractivity contribution in [2.24, 2.45) is 0 Å². The largest absolute Gasteiger partial charge is 0.331 e. The molecule has 0 aliphatic carbocycles.